The fourth-order valence-electron chi connectivity index (χ4n) is 6.13. The molecule has 0 saturated carbocycles. The number of halogens is 3. The first-order valence-electron chi connectivity index (χ1n) is 14.4. The van der Waals surface area contributed by atoms with Crippen LogP contribution in [0.1, 0.15) is 67.7 Å². The molecule has 0 aliphatic carbocycles. The molecule has 1 aromatic heterocycles. The number of carboxylic acid groups (broad SMARTS) is 1. The van der Waals surface area contributed by atoms with E-state index in [0.717, 1.165) is 61.4 Å². The number of rotatable bonds is 13. The van der Waals surface area contributed by atoms with E-state index in [1.165, 1.54) is 6.07 Å². The molecule has 0 radical (unpaired) electrons. The minimum absolute atomic E-state index is 0.0978. The largest absolute Gasteiger partial charge is 0.497 e. The summed E-state index contributed by atoms with van der Waals surface area (Å²) in [7, 11) is 1.60. The van der Waals surface area contributed by atoms with Gasteiger partial charge in [-0.15, -0.1) is 0 Å². The molecule has 0 bridgehead atoms. The number of carbonyl (C=O) groups is 1. The Morgan fingerprint density at radius 2 is 1.93 bits per heavy atom. The van der Waals surface area contributed by atoms with Crippen LogP contribution >= 0.6 is 0 Å². The van der Waals surface area contributed by atoms with E-state index in [0.29, 0.717) is 42.9 Å². The molecule has 0 amide bonds. The highest BCUT2D eigenvalue weighted by molar-refractivity contribution is 5.83. The van der Waals surface area contributed by atoms with Gasteiger partial charge in [0, 0.05) is 24.5 Å². The van der Waals surface area contributed by atoms with Gasteiger partial charge < -0.3 is 19.8 Å². The molecule has 1 fully saturated rings. The third-order valence-corrected chi connectivity index (χ3v) is 8.35. The quantitative estimate of drug-likeness (QED) is 0.217. The Bertz CT molecular complexity index is 1300. The van der Waals surface area contributed by atoms with Gasteiger partial charge in [-0.05, 0) is 111 Å². The number of aryl methyl sites for hydroxylation is 1. The highest BCUT2D eigenvalue weighted by atomic mass is 19.4. The number of unbranched alkanes of at least 4 members (excludes halogenated alkanes) is 1. The molecule has 2 heterocycles. The lowest BCUT2D eigenvalue weighted by Crippen LogP contribution is -2.41. The topological polar surface area (TPSA) is 82.9 Å². The maximum Gasteiger partial charge on any atom is 0.416 e. The molecule has 2 unspecified atom stereocenters. The third-order valence-electron chi connectivity index (χ3n) is 8.35. The molecule has 6 nitrogen and oxygen atoms in total. The summed E-state index contributed by atoms with van der Waals surface area (Å²) in [5, 5.41) is 21.3. The molecule has 0 spiro atoms. The Morgan fingerprint density at radius 1 is 1.12 bits per heavy atom. The van der Waals surface area contributed by atoms with Crippen LogP contribution in [0.25, 0.3) is 10.9 Å². The Hall–Kier alpha value is -3.17. The number of benzene rings is 2. The summed E-state index contributed by atoms with van der Waals surface area (Å²) in [6.07, 6.45) is 1.39. The van der Waals surface area contributed by atoms with Gasteiger partial charge in [0.05, 0.1) is 24.3 Å². The van der Waals surface area contributed by atoms with Gasteiger partial charge in [0.25, 0.3) is 0 Å². The van der Waals surface area contributed by atoms with E-state index in [9.17, 15) is 28.2 Å². The zero-order valence-electron chi connectivity index (χ0n) is 23.4. The number of aliphatic carboxylic acids is 1. The first kappa shape index (κ1) is 30.8. The van der Waals surface area contributed by atoms with Crippen LogP contribution in [0.3, 0.4) is 0 Å². The number of carboxylic acids is 1. The van der Waals surface area contributed by atoms with Gasteiger partial charge in [0.2, 0.25) is 0 Å². The number of likely N-dealkylation sites (tertiary alicyclic amines) is 1. The molecule has 1 saturated heterocycles. The average molecular weight is 573 g/mol. The molecule has 3 aromatic rings. The second kappa shape index (κ2) is 14.1. The van der Waals surface area contributed by atoms with Crippen molar-refractivity contribution < 1.29 is 32.9 Å². The van der Waals surface area contributed by atoms with Crippen LogP contribution in [-0.2, 0) is 17.4 Å². The number of methoxy groups -OCH3 is 1. The number of hydrogen-bond donors (Lipinski definition) is 2. The van der Waals surface area contributed by atoms with Crippen molar-refractivity contribution in [3.8, 4) is 5.75 Å². The van der Waals surface area contributed by atoms with E-state index in [1.54, 1.807) is 25.4 Å². The molecule has 4 rings (SSSR count). The second-order valence-corrected chi connectivity index (χ2v) is 11.0. The van der Waals surface area contributed by atoms with Crippen LogP contribution in [-0.4, -0.2) is 52.8 Å². The number of piperidine rings is 1. The summed E-state index contributed by atoms with van der Waals surface area (Å²) in [6, 6.07) is 13.2. The van der Waals surface area contributed by atoms with Crippen LogP contribution in [0.2, 0.25) is 0 Å². The average Bonchev–Trinajstić information content (AvgIpc) is 2.96. The highest BCUT2D eigenvalue weighted by Gasteiger charge is 2.33. The van der Waals surface area contributed by atoms with Crippen LogP contribution < -0.4 is 4.74 Å². The smallest absolute Gasteiger partial charge is 0.416 e. The predicted molar refractivity (Wildman–Crippen MR) is 152 cm³/mol. The van der Waals surface area contributed by atoms with Gasteiger partial charge in [-0.1, -0.05) is 18.2 Å². The Balaban J connectivity index is 1.32. The number of pyridine rings is 1. The number of aliphatic hydroxyl groups is 1. The summed E-state index contributed by atoms with van der Waals surface area (Å²) in [5.41, 5.74) is 1.37. The van der Waals surface area contributed by atoms with Gasteiger partial charge >= 0.3 is 12.1 Å². The molecule has 1 aliphatic heterocycles. The first-order chi connectivity index (χ1) is 19.7. The van der Waals surface area contributed by atoms with Crippen molar-refractivity contribution in [3.05, 3.63) is 71.4 Å². The second-order valence-electron chi connectivity index (χ2n) is 11.0. The Kier molecular flexibility index (Phi) is 10.6. The van der Waals surface area contributed by atoms with Gasteiger partial charge in [-0.3, -0.25) is 9.78 Å². The summed E-state index contributed by atoms with van der Waals surface area (Å²) in [4.78, 5) is 18.1. The number of hydrogen-bond acceptors (Lipinski definition) is 5. The van der Waals surface area contributed by atoms with Crippen molar-refractivity contribution in [2.75, 3.05) is 26.7 Å². The third kappa shape index (κ3) is 8.42. The van der Waals surface area contributed by atoms with Crippen LogP contribution in [0.15, 0.2) is 54.7 Å². The molecule has 41 heavy (non-hydrogen) atoms. The molecule has 222 valence electrons. The normalized spacial score (nSPS) is 18.9. The summed E-state index contributed by atoms with van der Waals surface area (Å²) in [5.74, 6) is 0.361. The van der Waals surface area contributed by atoms with E-state index < -0.39 is 23.8 Å². The zero-order valence-corrected chi connectivity index (χ0v) is 23.4. The van der Waals surface area contributed by atoms with Gasteiger partial charge in [-0.2, -0.15) is 13.2 Å². The lowest BCUT2D eigenvalue weighted by atomic mass is 9.79. The molecule has 3 atom stereocenters. The Morgan fingerprint density at radius 3 is 2.68 bits per heavy atom. The SMILES string of the molecule is COc1ccc2nccc([C@@H](O)CCC3CCN(CCCCc4ccccc4C(F)(F)F)CC3CCC(=O)O)c2c1. The van der Waals surface area contributed by atoms with Crippen molar-refractivity contribution >= 4 is 16.9 Å². The highest BCUT2D eigenvalue weighted by Crippen LogP contribution is 2.36. The monoisotopic (exact) mass is 572 g/mol. The molecule has 2 N–H and O–H groups in total. The van der Waals surface area contributed by atoms with Crippen LogP contribution in [0, 0.1) is 11.8 Å². The fraction of sp³-hybridized carbons (Fsp3) is 0.500. The van der Waals surface area contributed by atoms with Crippen LogP contribution in [0.5, 0.6) is 5.75 Å². The minimum Gasteiger partial charge on any atom is -0.497 e. The zero-order chi connectivity index (χ0) is 29.4. The first-order valence-corrected chi connectivity index (χ1v) is 14.4. The van der Waals surface area contributed by atoms with Gasteiger partial charge in [-0.25, -0.2) is 0 Å². The van der Waals surface area contributed by atoms with Crippen molar-refractivity contribution in [3.63, 3.8) is 0 Å². The van der Waals surface area contributed by atoms with Gasteiger partial charge in [0.1, 0.15) is 5.75 Å². The standard InChI is InChI=1S/C32H39F3N2O4/c1-41-25-11-12-29-27(20-25)26(15-17-36-29)30(38)13-9-22-16-19-37(21-24(22)10-14-31(39)40)18-5-4-7-23-6-2-3-8-28(23)32(33,34)35/h2-3,6,8,11-12,15,17,20,22,24,30,38H,4-5,7,9-10,13-14,16,18-19,21H2,1H3,(H,39,40)/t22?,24?,30-/m0/s1. The number of ether oxygens (including phenoxy) is 1. The Labute approximate surface area is 239 Å². The minimum atomic E-state index is -4.35. The lowest BCUT2D eigenvalue weighted by molar-refractivity contribution is -0.138. The van der Waals surface area contributed by atoms with Crippen molar-refractivity contribution in [1.82, 2.24) is 9.88 Å². The number of aromatic nitrogens is 1. The summed E-state index contributed by atoms with van der Waals surface area (Å²) in [6.45, 7) is 2.40. The number of nitrogens with zero attached hydrogens (tertiary/aromatic N) is 2. The molecule has 9 heteroatoms. The number of alkyl halides is 3. The fourth-order valence-corrected chi connectivity index (χ4v) is 6.13. The van der Waals surface area contributed by atoms with E-state index in [4.69, 9.17) is 4.74 Å². The number of fused-ring (bicyclic) bond motifs is 1. The van der Waals surface area contributed by atoms with Crippen molar-refractivity contribution in [2.24, 2.45) is 11.8 Å². The van der Waals surface area contributed by atoms with Gasteiger partial charge in [0.15, 0.2) is 0 Å². The van der Waals surface area contributed by atoms with E-state index >= 15 is 0 Å². The lowest BCUT2D eigenvalue weighted by Gasteiger charge is -2.39. The van der Waals surface area contributed by atoms with E-state index in [1.807, 2.05) is 24.3 Å². The summed E-state index contributed by atoms with van der Waals surface area (Å²) >= 11 is 0. The maximum absolute atomic E-state index is 13.3. The molecule has 2 aromatic carbocycles. The predicted octanol–water partition coefficient (Wildman–Crippen LogP) is 6.90. The number of aliphatic hydroxyl groups excluding tert-OH is 1. The van der Waals surface area contributed by atoms with E-state index in [2.05, 4.69) is 9.88 Å². The maximum atomic E-state index is 13.3. The van der Waals surface area contributed by atoms with E-state index in [-0.39, 0.29) is 12.3 Å². The van der Waals surface area contributed by atoms with Crippen molar-refractivity contribution in [1.29, 1.82) is 0 Å². The van der Waals surface area contributed by atoms with Crippen molar-refractivity contribution in [2.45, 2.75) is 63.6 Å². The molecule has 1 aliphatic rings. The molecular weight excluding hydrogens is 533 g/mol. The summed E-state index contributed by atoms with van der Waals surface area (Å²) < 4.78 is 45.2. The van der Waals surface area contributed by atoms with Crippen LogP contribution in [0.4, 0.5) is 13.2 Å². The molecular formula is C32H39F3N2O4.